The highest BCUT2D eigenvalue weighted by molar-refractivity contribution is 6.07. The van der Waals surface area contributed by atoms with Gasteiger partial charge in [-0.2, -0.15) is 0 Å². The summed E-state index contributed by atoms with van der Waals surface area (Å²) in [6.45, 7) is 1.63. The molecule has 0 saturated carbocycles. The summed E-state index contributed by atoms with van der Waals surface area (Å²) in [4.78, 5) is 40.3. The van der Waals surface area contributed by atoms with Crippen molar-refractivity contribution in [3.63, 3.8) is 0 Å². The van der Waals surface area contributed by atoms with E-state index in [1.165, 1.54) is 0 Å². The maximum Gasteiger partial charge on any atom is 0.322 e. The minimum atomic E-state index is -1.19. The summed E-state index contributed by atoms with van der Waals surface area (Å²) in [5.74, 6) is 0.200. The van der Waals surface area contributed by atoms with Crippen molar-refractivity contribution in [1.29, 1.82) is 0 Å². The maximum absolute atomic E-state index is 12.9. The molecule has 0 aliphatic carbocycles. The van der Waals surface area contributed by atoms with Crippen LogP contribution in [0.2, 0.25) is 0 Å². The van der Waals surface area contributed by atoms with Crippen LogP contribution >= 0.6 is 0 Å². The Morgan fingerprint density at radius 3 is 2.50 bits per heavy atom. The smallest absolute Gasteiger partial charge is 0.322 e. The number of rotatable bonds is 7. The largest absolute Gasteiger partial charge is 0.497 e. The van der Waals surface area contributed by atoms with Gasteiger partial charge in [0.05, 0.1) is 7.11 Å². The molecule has 1 fully saturated rings. The SMILES string of the molecule is COc1ccc(-c2[nH]c3ccccc3c2CCC(=O)Nc2cccc(C3(C)NC(=O)NC3=O)c2)cc1. The van der Waals surface area contributed by atoms with Gasteiger partial charge in [-0.15, -0.1) is 0 Å². The molecule has 0 spiro atoms. The van der Waals surface area contributed by atoms with E-state index in [0.29, 0.717) is 17.7 Å². The van der Waals surface area contributed by atoms with E-state index in [1.807, 2.05) is 42.5 Å². The molecule has 2 heterocycles. The maximum atomic E-state index is 12.9. The number of fused-ring (bicyclic) bond motifs is 1. The van der Waals surface area contributed by atoms with Crippen LogP contribution in [0.25, 0.3) is 22.2 Å². The Morgan fingerprint density at radius 1 is 1.00 bits per heavy atom. The van der Waals surface area contributed by atoms with Gasteiger partial charge < -0.3 is 20.4 Å². The normalized spacial score (nSPS) is 17.1. The number of H-pyrrole nitrogens is 1. The van der Waals surface area contributed by atoms with Gasteiger partial charge in [-0.25, -0.2) is 4.79 Å². The summed E-state index contributed by atoms with van der Waals surface area (Å²) in [6, 6.07) is 22.3. The molecule has 5 rings (SSSR count). The van der Waals surface area contributed by atoms with Crippen molar-refractivity contribution in [1.82, 2.24) is 15.6 Å². The second kappa shape index (κ2) is 9.22. The first-order chi connectivity index (χ1) is 17.4. The Labute approximate surface area is 208 Å². The van der Waals surface area contributed by atoms with Crippen molar-refractivity contribution in [3.8, 4) is 17.0 Å². The van der Waals surface area contributed by atoms with E-state index in [2.05, 4.69) is 27.0 Å². The second-order valence-corrected chi connectivity index (χ2v) is 8.91. The number of amides is 4. The Bertz CT molecular complexity index is 1470. The first-order valence-corrected chi connectivity index (χ1v) is 11.7. The lowest BCUT2D eigenvalue weighted by molar-refractivity contribution is -0.123. The number of ether oxygens (including phenoxy) is 1. The van der Waals surface area contributed by atoms with Crippen LogP contribution in [0.15, 0.2) is 72.8 Å². The van der Waals surface area contributed by atoms with Crippen LogP contribution < -0.4 is 20.7 Å². The number of hydrogen-bond acceptors (Lipinski definition) is 4. The number of carbonyl (C=O) groups is 3. The van der Waals surface area contributed by atoms with E-state index in [9.17, 15) is 14.4 Å². The van der Waals surface area contributed by atoms with Gasteiger partial charge in [-0.3, -0.25) is 14.9 Å². The summed E-state index contributed by atoms with van der Waals surface area (Å²) in [5.41, 5.74) is 4.03. The number of anilines is 1. The molecule has 36 heavy (non-hydrogen) atoms. The topological polar surface area (TPSA) is 112 Å². The fraction of sp³-hybridized carbons (Fsp3) is 0.179. The molecule has 1 aromatic heterocycles. The van der Waals surface area contributed by atoms with E-state index in [-0.39, 0.29) is 12.3 Å². The quantitative estimate of drug-likeness (QED) is 0.291. The number of urea groups is 1. The predicted molar refractivity (Wildman–Crippen MR) is 138 cm³/mol. The number of carbonyl (C=O) groups excluding carboxylic acids is 3. The number of benzene rings is 3. The van der Waals surface area contributed by atoms with Crippen LogP contribution in [-0.2, 0) is 21.5 Å². The molecule has 1 atom stereocenters. The average molecular weight is 483 g/mol. The number of hydrogen-bond donors (Lipinski definition) is 4. The number of aryl methyl sites for hydroxylation is 1. The van der Waals surface area contributed by atoms with Crippen LogP contribution in [0, 0.1) is 0 Å². The van der Waals surface area contributed by atoms with E-state index < -0.39 is 17.5 Å². The molecule has 8 nitrogen and oxygen atoms in total. The number of aromatic nitrogens is 1. The van der Waals surface area contributed by atoms with Gasteiger partial charge in [0.1, 0.15) is 11.3 Å². The van der Waals surface area contributed by atoms with Crippen molar-refractivity contribution >= 4 is 34.4 Å². The Morgan fingerprint density at radius 2 is 1.78 bits per heavy atom. The van der Waals surface area contributed by atoms with E-state index in [1.54, 1.807) is 38.3 Å². The zero-order valence-corrected chi connectivity index (χ0v) is 20.0. The van der Waals surface area contributed by atoms with Gasteiger partial charge in [-0.1, -0.05) is 30.3 Å². The first-order valence-electron chi connectivity index (χ1n) is 11.7. The van der Waals surface area contributed by atoms with Crippen molar-refractivity contribution in [2.45, 2.75) is 25.3 Å². The molecular weight excluding hydrogens is 456 g/mol. The molecule has 1 unspecified atom stereocenters. The molecule has 1 aliphatic rings. The standard InChI is InChI=1S/C28H26N4O4/c1-28(26(34)31-27(35)32-28)18-6-5-7-19(16-18)29-24(33)15-14-22-21-8-3-4-9-23(21)30-25(22)17-10-12-20(36-2)13-11-17/h3-13,16,30H,14-15H2,1-2H3,(H,29,33)(H2,31,32,34,35). The van der Waals surface area contributed by atoms with Crippen LogP contribution in [0.4, 0.5) is 10.5 Å². The summed E-state index contributed by atoms with van der Waals surface area (Å²) in [6.07, 6.45) is 0.802. The highest BCUT2D eigenvalue weighted by atomic mass is 16.5. The molecule has 3 aromatic carbocycles. The Balaban J connectivity index is 1.35. The molecule has 1 saturated heterocycles. The Hall–Kier alpha value is -4.59. The molecule has 0 bridgehead atoms. The van der Waals surface area contributed by atoms with E-state index in [4.69, 9.17) is 4.74 Å². The molecule has 182 valence electrons. The summed E-state index contributed by atoms with van der Waals surface area (Å²) in [7, 11) is 1.64. The summed E-state index contributed by atoms with van der Waals surface area (Å²) >= 11 is 0. The summed E-state index contributed by atoms with van der Waals surface area (Å²) < 4.78 is 5.28. The number of nitrogens with one attached hydrogen (secondary N) is 4. The molecule has 8 heteroatoms. The number of methoxy groups -OCH3 is 1. The third-order valence-electron chi connectivity index (χ3n) is 6.56. The Kier molecular flexibility index (Phi) is 5.93. The third-order valence-corrected chi connectivity index (χ3v) is 6.56. The highest BCUT2D eigenvalue weighted by Crippen LogP contribution is 2.32. The molecule has 4 amide bonds. The lowest BCUT2D eigenvalue weighted by Crippen LogP contribution is -2.40. The minimum absolute atomic E-state index is 0.150. The highest BCUT2D eigenvalue weighted by Gasteiger charge is 2.43. The fourth-order valence-corrected chi connectivity index (χ4v) is 4.58. The predicted octanol–water partition coefficient (Wildman–Crippen LogP) is 4.47. The van der Waals surface area contributed by atoms with Crippen LogP contribution in [-0.4, -0.2) is 29.9 Å². The fourth-order valence-electron chi connectivity index (χ4n) is 4.58. The average Bonchev–Trinajstić information content (AvgIpc) is 3.39. The molecule has 1 aliphatic heterocycles. The van der Waals surface area contributed by atoms with Gasteiger partial charge in [0.2, 0.25) is 5.91 Å². The lowest BCUT2D eigenvalue weighted by atomic mass is 9.92. The second-order valence-electron chi connectivity index (χ2n) is 8.91. The van der Waals surface area contributed by atoms with Gasteiger partial charge in [-0.05, 0) is 72.5 Å². The van der Waals surface area contributed by atoms with Crippen molar-refractivity contribution in [2.24, 2.45) is 0 Å². The van der Waals surface area contributed by atoms with Gasteiger partial charge >= 0.3 is 6.03 Å². The molecular formula is C28H26N4O4. The third kappa shape index (κ3) is 4.29. The number of aromatic amines is 1. The van der Waals surface area contributed by atoms with E-state index in [0.717, 1.165) is 33.5 Å². The van der Waals surface area contributed by atoms with Crippen LogP contribution in [0.5, 0.6) is 5.75 Å². The van der Waals surface area contributed by atoms with Gasteiger partial charge in [0.15, 0.2) is 0 Å². The monoisotopic (exact) mass is 482 g/mol. The zero-order valence-electron chi connectivity index (χ0n) is 20.0. The molecule has 4 aromatic rings. The zero-order chi connectivity index (χ0) is 25.3. The van der Waals surface area contributed by atoms with Crippen molar-refractivity contribution in [2.75, 3.05) is 12.4 Å². The lowest BCUT2D eigenvalue weighted by Gasteiger charge is -2.21. The minimum Gasteiger partial charge on any atom is -0.497 e. The van der Waals surface area contributed by atoms with Gasteiger partial charge in [0.25, 0.3) is 5.91 Å². The van der Waals surface area contributed by atoms with Crippen molar-refractivity contribution in [3.05, 3.63) is 83.9 Å². The molecule has 4 N–H and O–H groups in total. The van der Waals surface area contributed by atoms with Gasteiger partial charge in [0, 0.05) is 28.7 Å². The number of imide groups is 1. The first kappa shape index (κ1) is 23.2. The summed E-state index contributed by atoms with van der Waals surface area (Å²) in [5, 5.41) is 8.90. The van der Waals surface area contributed by atoms with E-state index >= 15 is 0 Å². The van der Waals surface area contributed by atoms with Crippen LogP contribution in [0.3, 0.4) is 0 Å². The number of para-hydroxylation sites is 1. The van der Waals surface area contributed by atoms with Crippen molar-refractivity contribution < 1.29 is 19.1 Å². The molecule has 0 radical (unpaired) electrons. The van der Waals surface area contributed by atoms with Crippen LogP contribution in [0.1, 0.15) is 24.5 Å².